The van der Waals surface area contributed by atoms with Crippen molar-refractivity contribution < 1.29 is 21.6 Å². The van der Waals surface area contributed by atoms with Gasteiger partial charge in [0.15, 0.2) is 0 Å². The van der Waals surface area contributed by atoms with Crippen LogP contribution in [0.25, 0.3) is 0 Å². The van der Waals surface area contributed by atoms with E-state index < -0.39 is 20.0 Å². The quantitative estimate of drug-likeness (QED) is 0.572. The smallest absolute Gasteiger partial charge is 0.247 e. The van der Waals surface area contributed by atoms with Crippen LogP contribution >= 0.6 is 11.3 Å². The number of hydrogen-bond acceptors (Lipinski definition) is 7. The van der Waals surface area contributed by atoms with Gasteiger partial charge >= 0.3 is 0 Å². The summed E-state index contributed by atoms with van der Waals surface area (Å²) in [7, 11) is -6.08. The summed E-state index contributed by atoms with van der Waals surface area (Å²) < 4.78 is 55.6. The van der Waals surface area contributed by atoms with Gasteiger partial charge < -0.3 is 10.1 Å². The van der Waals surface area contributed by atoms with E-state index in [1.165, 1.54) is 10.4 Å². The zero-order chi connectivity index (χ0) is 19.5. The minimum atomic E-state index is -3.95. The SMILES string of the molecule is COCCCCN1C[C@@H](NCC(C)C)c2sc(S(N)(=O)=O)cc2S1(=O)=O. The van der Waals surface area contributed by atoms with Gasteiger partial charge in [-0.2, -0.15) is 4.31 Å². The zero-order valence-electron chi connectivity index (χ0n) is 15.3. The number of nitrogens with one attached hydrogen (secondary N) is 1. The molecule has 0 amide bonds. The van der Waals surface area contributed by atoms with Crippen molar-refractivity contribution in [3.05, 3.63) is 10.9 Å². The van der Waals surface area contributed by atoms with Gasteiger partial charge in [0.1, 0.15) is 4.21 Å². The molecular weight excluding hydrogens is 398 g/mol. The maximum Gasteiger partial charge on any atom is 0.247 e. The monoisotopic (exact) mass is 425 g/mol. The fourth-order valence-corrected chi connectivity index (χ4v) is 6.87. The summed E-state index contributed by atoms with van der Waals surface area (Å²) >= 11 is 0.937. The third-order valence-electron chi connectivity index (χ3n) is 4.08. The Morgan fingerprint density at radius 1 is 1.42 bits per heavy atom. The van der Waals surface area contributed by atoms with E-state index >= 15 is 0 Å². The van der Waals surface area contributed by atoms with Crippen LogP contribution in [0.5, 0.6) is 0 Å². The highest BCUT2D eigenvalue weighted by Crippen LogP contribution is 2.39. The summed E-state index contributed by atoms with van der Waals surface area (Å²) in [5.41, 5.74) is 0. The highest BCUT2D eigenvalue weighted by molar-refractivity contribution is 7.92. The predicted octanol–water partition coefficient (Wildman–Crippen LogP) is 1.11. The van der Waals surface area contributed by atoms with Crippen molar-refractivity contribution in [3.8, 4) is 0 Å². The van der Waals surface area contributed by atoms with Crippen molar-refractivity contribution in [1.29, 1.82) is 0 Å². The van der Waals surface area contributed by atoms with E-state index in [0.29, 0.717) is 36.9 Å². The van der Waals surface area contributed by atoms with Crippen molar-refractivity contribution in [2.45, 2.75) is 41.8 Å². The molecule has 1 aliphatic rings. The molecule has 1 aromatic rings. The first-order valence-electron chi connectivity index (χ1n) is 8.46. The molecule has 26 heavy (non-hydrogen) atoms. The molecule has 150 valence electrons. The van der Waals surface area contributed by atoms with Gasteiger partial charge in [-0.15, -0.1) is 11.3 Å². The minimum Gasteiger partial charge on any atom is -0.385 e. The molecule has 0 radical (unpaired) electrons. The van der Waals surface area contributed by atoms with Crippen LogP contribution in [0, 0.1) is 5.92 Å². The van der Waals surface area contributed by atoms with Crippen molar-refractivity contribution in [1.82, 2.24) is 9.62 Å². The van der Waals surface area contributed by atoms with Gasteiger partial charge in [0.05, 0.1) is 10.9 Å². The summed E-state index contributed by atoms with van der Waals surface area (Å²) in [6.45, 7) is 6.03. The van der Waals surface area contributed by atoms with E-state index in [1.807, 2.05) is 0 Å². The van der Waals surface area contributed by atoms with E-state index in [2.05, 4.69) is 19.2 Å². The summed E-state index contributed by atoms with van der Waals surface area (Å²) in [5, 5.41) is 8.57. The number of rotatable bonds is 9. The Labute approximate surface area is 159 Å². The molecule has 8 nitrogen and oxygen atoms in total. The fourth-order valence-electron chi connectivity index (χ4n) is 2.76. The molecule has 2 heterocycles. The molecule has 0 aromatic carbocycles. The Balaban J connectivity index is 2.35. The first-order valence-corrected chi connectivity index (χ1v) is 12.3. The van der Waals surface area contributed by atoms with E-state index in [4.69, 9.17) is 9.88 Å². The van der Waals surface area contributed by atoms with Gasteiger partial charge in [0.2, 0.25) is 20.0 Å². The molecule has 11 heteroatoms. The molecule has 0 saturated heterocycles. The Hall–Kier alpha value is -0.560. The van der Waals surface area contributed by atoms with Crippen LogP contribution in [0.2, 0.25) is 0 Å². The third-order valence-corrected chi connectivity index (χ3v) is 8.79. The van der Waals surface area contributed by atoms with Crippen molar-refractivity contribution in [2.24, 2.45) is 11.1 Å². The largest absolute Gasteiger partial charge is 0.385 e. The summed E-state index contributed by atoms with van der Waals surface area (Å²) in [6.07, 6.45) is 1.43. The molecule has 0 bridgehead atoms. The predicted molar refractivity (Wildman–Crippen MR) is 101 cm³/mol. The third kappa shape index (κ3) is 5.03. The lowest BCUT2D eigenvalue weighted by Gasteiger charge is -2.33. The van der Waals surface area contributed by atoms with Gasteiger partial charge in [-0.3, -0.25) is 0 Å². The number of thiophene rings is 1. The zero-order valence-corrected chi connectivity index (χ0v) is 17.7. The van der Waals surface area contributed by atoms with Gasteiger partial charge in [0.25, 0.3) is 0 Å². The van der Waals surface area contributed by atoms with Crippen molar-refractivity contribution in [2.75, 3.05) is 33.4 Å². The Morgan fingerprint density at radius 3 is 2.69 bits per heavy atom. The molecule has 1 aliphatic heterocycles. The van der Waals surface area contributed by atoms with Gasteiger partial charge in [-0.1, -0.05) is 13.8 Å². The van der Waals surface area contributed by atoms with Crippen LogP contribution in [0.15, 0.2) is 15.2 Å². The number of ether oxygens (including phenoxy) is 1. The first-order chi connectivity index (χ1) is 12.1. The molecule has 0 unspecified atom stereocenters. The normalized spacial score (nSPS) is 20.4. The maximum absolute atomic E-state index is 12.9. The number of methoxy groups -OCH3 is 1. The Bertz CT molecular complexity index is 818. The van der Waals surface area contributed by atoms with Crippen molar-refractivity contribution >= 4 is 31.4 Å². The molecule has 2 rings (SSSR count). The topological polar surface area (TPSA) is 119 Å². The molecular formula is C15H27N3O5S3. The van der Waals surface area contributed by atoms with E-state index in [0.717, 1.165) is 17.8 Å². The van der Waals surface area contributed by atoms with Crippen LogP contribution in [-0.2, 0) is 24.8 Å². The van der Waals surface area contributed by atoms with Gasteiger partial charge in [0, 0.05) is 31.7 Å². The average Bonchev–Trinajstić information content (AvgIpc) is 2.99. The molecule has 3 N–H and O–H groups in total. The lowest BCUT2D eigenvalue weighted by molar-refractivity contribution is 0.189. The number of fused-ring (bicyclic) bond motifs is 1. The van der Waals surface area contributed by atoms with Crippen LogP contribution in [0.1, 0.15) is 37.6 Å². The highest BCUT2D eigenvalue weighted by atomic mass is 32.2. The van der Waals surface area contributed by atoms with Crippen LogP contribution in [0.3, 0.4) is 0 Å². The first kappa shape index (κ1) is 21.7. The average molecular weight is 426 g/mol. The second kappa shape index (κ2) is 8.63. The Kier molecular flexibility index (Phi) is 7.22. The lowest BCUT2D eigenvalue weighted by Crippen LogP contribution is -2.44. The molecule has 0 aliphatic carbocycles. The molecule has 0 fully saturated rings. The number of nitrogens with two attached hydrogens (primary N) is 1. The van der Waals surface area contributed by atoms with E-state index in [-0.39, 0.29) is 21.7 Å². The second-order valence-corrected chi connectivity index (χ2v) is 11.5. The van der Waals surface area contributed by atoms with Gasteiger partial charge in [-0.05, 0) is 31.4 Å². The number of primary sulfonamides is 1. The summed E-state index contributed by atoms with van der Waals surface area (Å²) in [4.78, 5) is 0.564. The lowest BCUT2D eigenvalue weighted by atomic mass is 10.1. The highest BCUT2D eigenvalue weighted by Gasteiger charge is 2.39. The van der Waals surface area contributed by atoms with Crippen LogP contribution < -0.4 is 10.5 Å². The van der Waals surface area contributed by atoms with E-state index in [1.54, 1.807) is 7.11 Å². The van der Waals surface area contributed by atoms with Gasteiger partial charge in [-0.25, -0.2) is 22.0 Å². The number of hydrogen-bond donors (Lipinski definition) is 2. The molecule has 0 spiro atoms. The molecule has 0 saturated carbocycles. The Morgan fingerprint density at radius 2 is 2.12 bits per heavy atom. The standard InChI is InChI=1S/C15H27N3O5S3/c1-11(2)9-17-12-10-18(6-4-5-7-23-3)26(21,22)13-8-14(24-15(12)13)25(16,19)20/h8,11-12,17H,4-7,9-10H2,1-3H3,(H2,16,19,20)/t12-/m1/s1. The molecule has 1 atom stereocenters. The second-order valence-electron chi connectivity index (χ2n) is 6.76. The number of unbranched alkanes of at least 4 members (excludes halogenated alkanes) is 1. The van der Waals surface area contributed by atoms with Crippen molar-refractivity contribution in [3.63, 3.8) is 0 Å². The number of sulfonamides is 2. The minimum absolute atomic E-state index is 0.0470. The molecule has 1 aromatic heterocycles. The number of nitrogens with zero attached hydrogens (tertiary/aromatic N) is 1. The van der Waals surface area contributed by atoms with Crippen LogP contribution in [0.4, 0.5) is 0 Å². The summed E-state index contributed by atoms with van der Waals surface area (Å²) in [6, 6.07) is 0.939. The van der Waals surface area contributed by atoms with Crippen LogP contribution in [-0.4, -0.2) is 54.5 Å². The summed E-state index contributed by atoms with van der Waals surface area (Å²) in [5.74, 6) is 0.379. The fraction of sp³-hybridized carbons (Fsp3) is 0.733. The maximum atomic E-state index is 12.9. The van der Waals surface area contributed by atoms with E-state index in [9.17, 15) is 16.8 Å².